The molecule has 1 saturated heterocycles. The number of carbonyl (C=O) groups excluding carboxylic acids is 1. The van der Waals surface area contributed by atoms with Gasteiger partial charge in [0.2, 0.25) is 0 Å². The largest absolute Gasteiger partial charge is 0.322 e. The predicted molar refractivity (Wildman–Crippen MR) is 84.5 cm³/mol. The molecule has 1 aromatic heterocycles. The number of carbonyl (C=O) groups is 1. The van der Waals surface area contributed by atoms with Crippen molar-refractivity contribution in [3.05, 3.63) is 11.9 Å². The Morgan fingerprint density at radius 1 is 1.57 bits per heavy atom. The third kappa shape index (κ3) is 4.20. The zero-order valence-electron chi connectivity index (χ0n) is 13.5. The Kier molecular flexibility index (Phi) is 5.22. The second kappa shape index (κ2) is 6.93. The molecular weight excluding hydrogens is 266 g/mol. The van der Waals surface area contributed by atoms with Crippen LogP contribution in [0.3, 0.4) is 0 Å². The van der Waals surface area contributed by atoms with Crippen LogP contribution in [0, 0.1) is 12.8 Å². The molecule has 0 aliphatic carbocycles. The second-order valence-electron chi connectivity index (χ2n) is 6.28. The fourth-order valence-corrected chi connectivity index (χ4v) is 2.49. The lowest BCUT2D eigenvalue weighted by Crippen LogP contribution is -2.52. The van der Waals surface area contributed by atoms with Gasteiger partial charge in [-0.05, 0) is 26.2 Å². The van der Waals surface area contributed by atoms with Gasteiger partial charge >= 0.3 is 6.03 Å². The van der Waals surface area contributed by atoms with Gasteiger partial charge in [0.05, 0.1) is 17.6 Å². The standard InChI is InChI=1S/C15H27N5O/c1-11(2)5-7-20-13(4)14(9-17-20)18-15(21)19-8-6-16-12(3)10-19/h9,11-12,16H,5-8,10H2,1-4H3,(H,18,21)/t12-/m1/s1. The maximum Gasteiger partial charge on any atom is 0.322 e. The van der Waals surface area contributed by atoms with Crippen molar-refractivity contribution in [2.24, 2.45) is 5.92 Å². The van der Waals surface area contributed by atoms with Crippen molar-refractivity contribution in [2.75, 3.05) is 25.0 Å². The summed E-state index contributed by atoms with van der Waals surface area (Å²) >= 11 is 0. The smallest absolute Gasteiger partial charge is 0.322 e. The minimum absolute atomic E-state index is 0.0325. The summed E-state index contributed by atoms with van der Waals surface area (Å²) in [6.45, 7) is 11.7. The molecule has 0 radical (unpaired) electrons. The summed E-state index contributed by atoms with van der Waals surface area (Å²) < 4.78 is 1.97. The van der Waals surface area contributed by atoms with Crippen LogP contribution in [0.1, 0.15) is 32.9 Å². The number of anilines is 1. The summed E-state index contributed by atoms with van der Waals surface area (Å²) in [5.41, 5.74) is 1.84. The van der Waals surface area contributed by atoms with Gasteiger partial charge in [0.25, 0.3) is 0 Å². The molecule has 2 N–H and O–H groups in total. The molecule has 1 aliphatic heterocycles. The number of hydrogen-bond acceptors (Lipinski definition) is 3. The Balaban J connectivity index is 1.94. The van der Waals surface area contributed by atoms with Crippen molar-refractivity contribution >= 4 is 11.7 Å². The molecule has 1 fully saturated rings. The monoisotopic (exact) mass is 293 g/mol. The number of rotatable bonds is 4. The first-order valence-electron chi connectivity index (χ1n) is 7.79. The molecule has 6 heteroatoms. The molecule has 0 unspecified atom stereocenters. The van der Waals surface area contributed by atoms with Crippen LogP contribution in [0.4, 0.5) is 10.5 Å². The van der Waals surface area contributed by atoms with Crippen LogP contribution in [0.15, 0.2) is 6.20 Å². The Morgan fingerprint density at radius 3 is 3.00 bits per heavy atom. The molecule has 6 nitrogen and oxygen atoms in total. The van der Waals surface area contributed by atoms with Gasteiger partial charge in [0.15, 0.2) is 0 Å². The Hall–Kier alpha value is -1.56. The van der Waals surface area contributed by atoms with E-state index in [1.807, 2.05) is 16.5 Å². The lowest BCUT2D eigenvalue weighted by atomic mass is 10.1. The van der Waals surface area contributed by atoms with Crippen LogP contribution in [0.25, 0.3) is 0 Å². The molecule has 118 valence electrons. The molecule has 0 bridgehead atoms. The van der Waals surface area contributed by atoms with Crippen LogP contribution in [0.2, 0.25) is 0 Å². The molecule has 1 aliphatic rings. The first-order chi connectivity index (χ1) is 9.97. The van der Waals surface area contributed by atoms with E-state index in [4.69, 9.17) is 0 Å². The lowest BCUT2D eigenvalue weighted by molar-refractivity contribution is 0.192. The first kappa shape index (κ1) is 15.8. The Labute approximate surface area is 126 Å². The van der Waals surface area contributed by atoms with Crippen LogP contribution in [-0.4, -0.2) is 46.4 Å². The molecule has 2 amide bonds. The minimum Gasteiger partial charge on any atom is -0.322 e. The van der Waals surface area contributed by atoms with Gasteiger partial charge < -0.3 is 15.5 Å². The quantitative estimate of drug-likeness (QED) is 0.893. The van der Waals surface area contributed by atoms with E-state index >= 15 is 0 Å². The highest BCUT2D eigenvalue weighted by Gasteiger charge is 2.21. The van der Waals surface area contributed by atoms with Crippen molar-refractivity contribution < 1.29 is 4.79 Å². The molecule has 2 heterocycles. The molecule has 21 heavy (non-hydrogen) atoms. The highest BCUT2D eigenvalue weighted by Crippen LogP contribution is 2.16. The summed E-state index contributed by atoms with van der Waals surface area (Å²) in [7, 11) is 0. The summed E-state index contributed by atoms with van der Waals surface area (Å²) in [4.78, 5) is 14.1. The topological polar surface area (TPSA) is 62.2 Å². The first-order valence-corrected chi connectivity index (χ1v) is 7.79. The second-order valence-corrected chi connectivity index (χ2v) is 6.28. The van der Waals surface area contributed by atoms with Crippen LogP contribution in [-0.2, 0) is 6.54 Å². The van der Waals surface area contributed by atoms with Crippen molar-refractivity contribution in [1.82, 2.24) is 20.0 Å². The van der Waals surface area contributed by atoms with Crippen molar-refractivity contribution in [3.63, 3.8) is 0 Å². The van der Waals surface area contributed by atoms with E-state index in [1.54, 1.807) is 6.20 Å². The fraction of sp³-hybridized carbons (Fsp3) is 0.733. The number of urea groups is 1. The SMILES string of the molecule is Cc1c(NC(=O)N2CCN[C@H](C)C2)cnn1CCC(C)C. The van der Waals surface area contributed by atoms with E-state index in [2.05, 4.69) is 36.5 Å². The van der Waals surface area contributed by atoms with Crippen LogP contribution < -0.4 is 10.6 Å². The molecule has 0 spiro atoms. The van der Waals surface area contributed by atoms with Gasteiger partial charge in [0, 0.05) is 32.2 Å². The summed E-state index contributed by atoms with van der Waals surface area (Å²) in [6.07, 6.45) is 2.84. The zero-order valence-corrected chi connectivity index (χ0v) is 13.5. The summed E-state index contributed by atoms with van der Waals surface area (Å²) in [6, 6.07) is 0.314. The van der Waals surface area contributed by atoms with E-state index in [9.17, 15) is 4.79 Å². The highest BCUT2D eigenvalue weighted by atomic mass is 16.2. The third-order valence-electron chi connectivity index (χ3n) is 3.92. The molecule has 1 aromatic rings. The zero-order chi connectivity index (χ0) is 15.4. The van der Waals surface area contributed by atoms with E-state index in [0.29, 0.717) is 12.0 Å². The summed E-state index contributed by atoms with van der Waals surface area (Å²) in [5, 5.41) is 10.7. The normalized spacial score (nSPS) is 19.1. The average molecular weight is 293 g/mol. The van der Waals surface area contributed by atoms with Crippen LogP contribution >= 0.6 is 0 Å². The highest BCUT2D eigenvalue weighted by molar-refractivity contribution is 5.89. The Morgan fingerprint density at radius 2 is 2.33 bits per heavy atom. The van der Waals surface area contributed by atoms with Gasteiger partial charge in [-0.2, -0.15) is 5.10 Å². The van der Waals surface area contributed by atoms with Crippen LogP contribution in [0.5, 0.6) is 0 Å². The minimum atomic E-state index is -0.0325. The van der Waals surface area contributed by atoms with Gasteiger partial charge in [-0.15, -0.1) is 0 Å². The number of nitrogens with zero attached hydrogens (tertiary/aromatic N) is 3. The number of aromatic nitrogens is 2. The maximum absolute atomic E-state index is 12.3. The maximum atomic E-state index is 12.3. The molecule has 0 aromatic carbocycles. The molecule has 1 atom stereocenters. The fourth-order valence-electron chi connectivity index (χ4n) is 2.49. The number of piperazine rings is 1. The van der Waals surface area contributed by atoms with Gasteiger partial charge in [-0.1, -0.05) is 13.8 Å². The number of nitrogens with one attached hydrogen (secondary N) is 2. The number of hydrogen-bond donors (Lipinski definition) is 2. The molecular formula is C15H27N5O. The van der Waals surface area contributed by atoms with E-state index in [-0.39, 0.29) is 6.03 Å². The number of amides is 2. The average Bonchev–Trinajstić information content (AvgIpc) is 2.77. The van der Waals surface area contributed by atoms with Crippen molar-refractivity contribution in [1.29, 1.82) is 0 Å². The lowest BCUT2D eigenvalue weighted by Gasteiger charge is -2.31. The van der Waals surface area contributed by atoms with Crippen molar-refractivity contribution in [3.8, 4) is 0 Å². The van der Waals surface area contributed by atoms with Crippen molar-refractivity contribution in [2.45, 2.75) is 46.7 Å². The van der Waals surface area contributed by atoms with E-state index in [1.165, 1.54) is 0 Å². The third-order valence-corrected chi connectivity index (χ3v) is 3.92. The molecule has 0 saturated carbocycles. The number of aryl methyl sites for hydroxylation is 1. The predicted octanol–water partition coefficient (Wildman–Crippen LogP) is 2.06. The Bertz CT molecular complexity index is 482. The van der Waals surface area contributed by atoms with Gasteiger partial charge in [0.1, 0.15) is 0 Å². The van der Waals surface area contributed by atoms with Gasteiger partial charge in [-0.3, -0.25) is 4.68 Å². The summed E-state index contributed by atoms with van der Waals surface area (Å²) in [5.74, 6) is 0.647. The van der Waals surface area contributed by atoms with E-state index in [0.717, 1.165) is 44.0 Å². The van der Waals surface area contributed by atoms with E-state index < -0.39 is 0 Å². The van der Waals surface area contributed by atoms with Gasteiger partial charge in [-0.25, -0.2) is 4.79 Å². The molecule has 2 rings (SSSR count).